The first-order valence-electron chi connectivity index (χ1n) is 12.5. The molecule has 5 nitrogen and oxygen atoms in total. The summed E-state index contributed by atoms with van der Waals surface area (Å²) in [6.07, 6.45) is 6.29. The molecule has 2 fully saturated rings. The molecule has 0 aliphatic carbocycles. The molecular formula is C28H38BrNO4. The van der Waals surface area contributed by atoms with E-state index in [1.54, 1.807) is 0 Å². The number of fused-ring (bicyclic) bond motifs is 2. The number of aliphatic hydroxyl groups excluding tert-OH is 1. The number of esters is 1. The summed E-state index contributed by atoms with van der Waals surface area (Å²) in [7, 11) is 2.37. The van der Waals surface area contributed by atoms with E-state index in [9.17, 15) is 9.90 Å². The van der Waals surface area contributed by atoms with E-state index in [0.717, 1.165) is 54.6 Å². The van der Waals surface area contributed by atoms with Gasteiger partial charge in [0.25, 0.3) is 0 Å². The van der Waals surface area contributed by atoms with E-state index >= 15 is 0 Å². The van der Waals surface area contributed by atoms with Gasteiger partial charge in [-0.25, -0.2) is 0 Å². The number of hydrogen-bond acceptors (Lipinski definition) is 4. The van der Waals surface area contributed by atoms with Crippen molar-refractivity contribution in [3.63, 3.8) is 0 Å². The van der Waals surface area contributed by atoms with Gasteiger partial charge in [-0.2, -0.15) is 0 Å². The van der Waals surface area contributed by atoms with Crippen LogP contribution in [0.3, 0.4) is 0 Å². The maximum absolute atomic E-state index is 12.9. The lowest BCUT2D eigenvalue weighted by Gasteiger charge is -2.47. The number of unbranched alkanes of at least 4 members (excludes halogenated alkanes) is 1. The Hall–Kier alpha value is -1.89. The Balaban J connectivity index is 0.00000324. The highest BCUT2D eigenvalue weighted by molar-refractivity contribution is 5.78. The second-order valence-corrected chi connectivity index (χ2v) is 9.91. The van der Waals surface area contributed by atoms with E-state index in [1.807, 2.05) is 30.3 Å². The van der Waals surface area contributed by atoms with Crippen molar-refractivity contribution in [2.45, 2.75) is 76.1 Å². The normalized spacial score (nSPS) is 26.4. The Bertz CT molecular complexity index is 890. The van der Waals surface area contributed by atoms with Gasteiger partial charge in [0.2, 0.25) is 0 Å². The van der Waals surface area contributed by atoms with Crippen LogP contribution in [0.5, 0.6) is 5.75 Å². The molecule has 2 bridgehead atoms. The number of nitrogens with zero attached hydrogens (tertiary/aromatic N) is 1. The molecule has 3 atom stereocenters. The van der Waals surface area contributed by atoms with Crippen molar-refractivity contribution in [2.75, 3.05) is 20.3 Å². The number of hydrogen-bond donors (Lipinski definition) is 1. The number of aliphatic hydroxyl groups is 1. The molecule has 34 heavy (non-hydrogen) atoms. The first kappa shape index (κ1) is 26.7. The van der Waals surface area contributed by atoms with E-state index in [-0.39, 0.29) is 35.7 Å². The quantitative estimate of drug-likeness (QED) is 0.288. The van der Waals surface area contributed by atoms with E-state index in [1.165, 1.54) is 18.4 Å². The van der Waals surface area contributed by atoms with Crippen LogP contribution < -0.4 is 21.7 Å². The largest absolute Gasteiger partial charge is 1.00 e. The van der Waals surface area contributed by atoms with E-state index in [0.29, 0.717) is 12.1 Å². The minimum Gasteiger partial charge on any atom is -1.00 e. The zero-order valence-corrected chi connectivity index (χ0v) is 22.0. The molecule has 2 unspecified atom stereocenters. The zero-order valence-electron chi connectivity index (χ0n) is 20.4. The summed E-state index contributed by atoms with van der Waals surface area (Å²) in [5.41, 5.74) is 2.14. The lowest BCUT2D eigenvalue weighted by Crippen LogP contribution is -3.00. The molecule has 6 heteroatoms. The summed E-state index contributed by atoms with van der Waals surface area (Å²) in [6, 6.07) is 19.0. The van der Waals surface area contributed by atoms with Gasteiger partial charge in [0, 0.05) is 31.2 Å². The Labute approximate surface area is 214 Å². The highest BCUT2D eigenvalue weighted by Crippen LogP contribution is 2.43. The molecule has 0 saturated carbocycles. The average Bonchev–Trinajstić information content (AvgIpc) is 2.98. The van der Waals surface area contributed by atoms with Gasteiger partial charge in [-0.05, 0) is 36.2 Å². The second-order valence-electron chi connectivity index (χ2n) is 9.91. The fourth-order valence-corrected chi connectivity index (χ4v) is 5.71. The number of carbonyl (C=O) groups is 1. The van der Waals surface area contributed by atoms with Gasteiger partial charge in [0.05, 0.1) is 32.3 Å². The third-order valence-corrected chi connectivity index (χ3v) is 7.74. The SMILES string of the molecule is CCCCOc1ccc(C[N+]2(C)C3CCC2CC(OC(=O)[C@H](CO)c2ccccc2)C3)cc1.[Br-]. The Kier molecular flexibility index (Phi) is 9.57. The standard InChI is InChI=1S/C28H38NO4.BrH/c1-3-4-16-32-25-14-10-21(11-15-25)19-29(2)23-12-13-24(29)18-26(17-23)33-28(31)27(20-30)22-8-6-5-7-9-22;/h5-11,14-15,23-24,26-27,30H,3-4,12-13,16-20H2,1-2H3;1H/q+1;/p-1/t23?,24?,26?,27-,29?;/m1./s1. The highest BCUT2D eigenvalue weighted by Gasteiger charge is 2.52. The molecule has 2 saturated heterocycles. The van der Waals surface area contributed by atoms with E-state index in [2.05, 4.69) is 38.2 Å². The Morgan fingerprint density at radius 1 is 1.06 bits per heavy atom. The van der Waals surface area contributed by atoms with Crippen molar-refractivity contribution in [3.8, 4) is 5.75 Å². The van der Waals surface area contributed by atoms with Gasteiger partial charge in [0.15, 0.2) is 0 Å². The van der Waals surface area contributed by atoms with Gasteiger partial charge in [0.1, 0.15) is 24.3 Å². The number of quaternary nitrogens is 1. The molecule has 4 rings (SSSR count). The summed E-state index contributed by atoms with van der Waals surface area (Å²) in [6.45, 7) is 3.71. The lowest BCUT2D eigenvalue weighted by molar-refractivity contribution is -0.961. The van der Waals surface area contributed by atoms with Crippen molar-refractivity contribution < 1.29 is 40.8 Å². The second kappa shape index (κ2) is 12.2. The highest BCUT2D eigenvalue weighted by atomic mass is 79.9. The molecule has 2 aliphatic rings. The number of rotatable bonds is 10. The van der Waals surface area contributed by atoms with Crippen LogP contribution in [0.25, 0.3) is 0 Å². The fraction of sp³-hybridized carbons (Fsp3) is 0.536. The van der Waals surface area contributed by atoms with Gasteiger partial charge in [-0.1, -0.05) is 43.7 Å². The number of ether oxygens (including phenoxy) is 2. The molecule has 2 aromatic rings. The van der Waals surface area contributed by atoms with E-state index < -0.39 is 5.92 Å². The van der Waals surface area contributed by atoms with Gasteiger partial charge in [-0.3, -0.25) is 4.79 Å². The number of carbonyl (C=O) groups excluding carboxylic acids is 1. The zero-order chi connectivity index (χ0) is 23.3. The van der Waals surface area contributed by atoms with Crippen LogP contribution in [0.4, 0.5) is 0 Å². The van der Waals surface area contributed by atoms with E-state index in [4.69, 9.17) is 9.47 Å². The van der Waals surface area contributed by atoms with Crippen LogP contribution in [-0.2, 0) is 16.1 Å². The number of benzene rings is 2. The molecule has 2 aromatic carbocycles. The van der Waals surface area contributed by atoms with Crippen molar-refractivity contribution in [1.82, 2.24) is 0 Å². The summed E-state index contributed by atoms with van der Waals surface area (Å²) >= 11 is 0. The van der Waals surface area contributed by atoms with Gasteiger partial charge >= 0.3 is 5.97 Å². The smallest absolute Gasteiger partial charge is 0.316 e. The number of piperidine rings is 1. The van der Waals surface area contributed by atoms with Crippen LogP contribution in [0.2, 0.25) is 0 Å². The Morgan fingerprint density at radius 2 is 1.71 bits per heavy atom. The van der Waals surface area contributed by atoms with Crippen LogP contribution in [-0.4, -0.2) is 54.0 Å². The third kappa shape index (κ3) is 6.02. The Morgan fingerprint density at radius 3 is 2.29 bits per heavy atom. The molecule has 0 aromatic heterocycles. The molecule has 0 amide bonds. The van der Waals surface area contributed by atoms with Crippen molar-refractivity contribution in [1.29, 1.82) is 0 Å². The summed E-state index contributed by atoms with van der Waals surface area (Å²) in [5, 5.41) is 9.81. The van der Waals surface area contributed by atoms with Gasteiger partial charge in [-0.15, -0.1) is 0 Å². The fourth-order valence-electron chi connectivity index (χ4n) is 5.71. The van der Waals surface area contributed by atoms with Crippen LogP contribution in [0, 0.1) is 0 Å². The van der Waals surface area contributed by atoms with Crippen molar-refractivity contribution in [2.24, 2.45) is 0 Å². The predicted octanol–water partition coefficient (Wildman–Crippen LogP) is 1.83. The summed E-state index contributed by atoms with van der Waals surface area (Å²) in [5.74, 6) is 0.0351. The minimum atomic E-state index is -0.607. The molecule has 2 aliphatic heterocycles. The third-order valence-electron chi connectivity index (χ3n) is 7.74. The first-order chi connectivity index (χ1) is 16.0. The summed E-state index contributed by atoms with van der Waals surface area (Å²) < 4.78 is 12.8. The molecule has 186 valence electrons. The van der Waals surface area contributed by atoms with Gasteiger partial charge < -0.3 is 36.0 Å². The average molecular weight is 533 g/mol. The van der Waals surface area contributed by atoms with Crippen LogP contribution in [0.15, 0.2) is 54.6 Å². The minimum absolute atomic E-state index is 0. The maximum atomic E-state index is 12.9. The predicted molar refractivity (Wildman–Crippen MR) is 129 cm³/mol. The molecule has 0 radical (unpaired) electrons. The lowest BCUT2D eigenvalue weighted by atomic mass is 9.95. The topological polar surface area (TPSA) is 55.8 Å². The van der Waals surface area contributed by atoms with Crippen molar-refractivity contribution >= 4 is 5.97 Å². The molecule has 0 spiro atoms. The monoisotopic (exact) mass is 531 g/mol. The first-order valence-corrected chi connectivity index (χ1v) is 12.5. The number of halogens is 1. The summed E-state index contributed by atoms with van der Waals surface area (Å²) in [4.78, 5) is 12.9. The van der Waals surface area contributed by atoms with Crippen LogP contribution in [0.1, 0.15) is 62.5 Å². The molecule has 2 heterocycles. The maximum Gasteiger partial charge on any atom is 0.316 e. The molecule has 1 N–H and O–H groups in total. The van der Waals surface area contributed by atoms with Crippen LogP contribution >= 0.6 is 0 Å². The van der Waals surface area contributed by atoms with Crippen molar-refractivity contribution in [3.05, 3.63) is 65.7 Å². The molecular weight excluding hydrogens is 494 g/mol.